The van der Waals surface area contributed by atoms with Crippen LogP contribution in [-0.4, -0.2) is 30.2 Å². The Morgan fingerprint density at radius 1 is 0.639 bits per heavy atom. The van der Waals surface area contributed by atoms with E-state index in [4.69, 9.17) is 0 Å². The Morgan fingerprint density at radius 3 is 1.33 bits per heavy atom. The summed E-state index contributed by atoms with van der Waals surface area (Å²) >= 11 is 0. The maximum absolute atomic E-state index is 11.5. The van der Waals surface area contributed by atoms with Crippen molar-refractivity contribution in [2.45, 2.75) is 26.1 Å². The molecule has 0 heterocycles. The third kappa shape index (κ3) is 7.38. The Bertz CT molecular complexity index is 1140. The normalized spacial score (nSPS) is 11.3. The fraction of sp³-hybridized carbons (Fsp3) is 0.219. The molecule has 2 nitrogen and oxygen atoms in total. The van der Waals surface area contributed by atoms with Gasteiger partial charge < -0.3 is 0 Å². The molecule has 4 rings (SSSR count). The molecule has 0 saturated carbocycles. The monoisotopic (exact) mass is 496 g/mol. The van der Waals surface area contributed by atoms with E-state index in [1.54, 1.807) is 36.8 Å². The van der Waals surface area contributed by atoms with Crippen molar-refractivity contribution in [3.8, 4) is 0 Å². The van der Waals surface area contributed by atoms with Gasteiger partial charge in [0.15, 0.2) is 5.75 Å². The molecule has 0 aliphatic carbocycles. The first-order valence-corrected chi connectivity index (χ1v) is 15.2. The van der Waals surface area contributed by atoms with Gasteiger partial charge in [-0.15, -0.1) is 4.21 Å². The van der Waals surface area contributed by atoms with Crippen LogP contribution in [0.1, 0.15) is 30.1 Å². The Hall–Kier alpha value is -3.24. The molecule has 0 aliphatic rings. The Morgan fingerprint density at radius 2 is 1.00 bits per heavy atom. The van der Waals surface area contributed by atoms with Gasteiger partial charge in [-0.3, -0.25) is 4.79 Å². The zero-order valence-corrected chi connectivity index (χ0v) is 22.5. The van der Waals surface area contributed by atoms with E-state index in [2.05, 4.69) is 97.9 Å². The summed E-state index contributed by atoms with van der Waals surface area (Å²) in [5.41, 5.74) is 4.97. The van der Waals surface area contributed by atoms with Crippen LogP contribution in [0.4, 0.5) is 0 Å². The quantitative estimate of drug-likeness (QED) is 0.172. The van der Waals surface area contributed by atoms with Gasteiger partial charge in [-0.1, -0.05) is 141 Å². The van der Waals surface area contributed by atoms with E-state index in [-0.39, 0.29) is 11.5 Å². The highest BCUT2D eigenvalue weighted by molar-refractivity contribution is 8.02. The smallest absolute Gasteiger partial charge is 0.211 e. The summed E-state index contributed by atoms with van der Waals surface area (Å²) in [7, 11) is -1.97. The molecule has 0 saturated heterocycles. The molecule has 0 aliphatic heterocycles. The molecule has 4 heteroatoms. The average molecular weight is 497 g/mol. The van der Waals surface area contributed by atoms with Crippen LogP contribution in [0.15, 0.2) is 121 Å². The molecule has 0 radical (unpaired) electrons. The lowest BCUT2D eigenvalue weighted by molar-refractivity contribution is 0.102. The van der Waals surface area contributed by atoms with Crippen LogP contribution in [0.5, 0.6) is 0 Å². The highest BCUT2D eigenvalue weighted by Gasteiger charge is 2.28. The zero-order chi connectivity index (χ0) is 25.9. The molecule has 4 aromatic rings. The van der Waals surface area contributed by atoms with Crippen molar-refractivity contribution in [2.75, 3.05) is 18.3 Å². The van der Waals surface area contributed by atoms with E-state index < -0.39 is 16.1 Å². The predicted octanol–water partition coefficient (Wildman–Crippen LogP) is 5.59. The summed E-state index contributed by atoms with van der Waals surface area (Å²) < 4.78 is 11.3. The number of Topliss-reactive ketones (excluding diaryl/α,β-unsaturated/α-hetero) is 1. The molecule has 186 valence electrons. The molecule has 0 unspecified atom stereocenters. The molecule has 36 heavy (non-hydrogen) atoms. The zero-order valence-electron chi connectivity index (χ0n) is 21.7. The molecule has 0 bridgehead atoms. The van der Waals surface area contributed by atoms with Gasteiger partial charge in [0.2, 0.25) is 5.78 Å². The molecular weight excluding hydrogens is 459 g/mol. The summed E-state index contributed by atoms with van der Waals surface area (Å²) in [5, 5.41) is 0. The topological polar surface area (TPSA) is 34.1 Å². The third-order valence-corrected chi connectivity index (χ3v) is 7.63. The Balaban J connectivity index is 0.000000236. The average Bonchev–Trinajstić information content (AvgIpc) is 2.91. The molecular formula is C32H37BO2S. The lowest BCUT2D eigenvalue weighted by Crippen LogP contribution is -2.66. The van der Waals surface area contributed by atoms with Crippen molar-refractivity contribution in [2.24, 2.45) is 0 Å². The number of carbonyl (C=O) groups is 1. The summed E-state index contributed by atoms with van der Waals surface area (Å²) in [4.78, 5) is 11.5. The van der Waals surface area contributed by atoms with E-state index in [0.29, 0.717) is 5.56 Å². The number of carbonyl (C=O) groups excluding carboxylic acids is 1. The van der Waals surface area contributed by atoms with E-state index in [9.17, 15) is 9.00 Å². The molecule has 0 fully saturated rings. The number of rotatable bonds is 9. The summed E-state index contributed by atoms with van der Waals surface area (Å²) in [6.45, 7) is 2.28. The highest BCUT2D eigenvalue weighted by Crippen LogP contribution is 2.16. The van der Waals surface area contributed by atoms with Crippen molar-refractivity contribution < 1.29 is 9.00 Å². The second kappa shape index (κ2) is 13.2. The van der Waals surface area contributed by atoms with Gasteiger partial charge in [0.1, 0.15) is 12.5 Å². The minimum absolute atomic E-state index is 0.0457. The van der Waals surface area contributed by atoms with Crippen molar-refractivity contribution >= 4 is 38.3 Å². The summed E-state index contributed by atoms with van der Waals surface area (Å²) in [5.74, 6) is 0.0902. The molecule has 0 spiro atoms. The van der Waals surface area contributed by atoms with Crippen LogP contribution < -0.4 is 16.4 Å². The molecule has 4 aromatic carbocycles. The number of hydrogen-bond donors (Lipinski definition) is 0. The molecule has 0 N–H and O–H groups in total. The third-order valence-electron chi connectivity index (χ3n) is 6.67. The van der Waals surface area contributed by atoms with Crippen LogP contribution in [-0.2, 0) is 14.1 Å². The number of hydrogen-bond acceptors (Lipinski definition) is 2. The molecule has 0 atom stereocenters. The first-order valence-electron chi connectivity index (χ1n) is 12.7. The van der Waals surface area contributed by atoms with Gasteiger partial charge >= 0.3 is 0 Å². The SMILES string of the molecule is CCCC[B-](c1ccccc1)(c1ccccc1)c1ccccc1.C[S+](C)(=O)CC(=O)c1ccccc1. The second-order valence-corrected chi connectivity index (χ2v) is 13.0. The van der Waals surface area contributed by atoms with Crippen LogP contribution in [0.25, 0.3) is 0 Å². The van der Waals surface area contributed by atoms with Crippen LogP contribution >= 0.6 is 0 Å². The van der Waals surface area contributed by atoms with Gasteiger partial charge in [0.05, 0.1) is 16.1 Å². The van der Waals surface area contributed by atoms with Crippen molar-refractivity contribution in [1.82, 2.24) is 0 Å². The van der Waals surface area contributed by atoms with Crippen LogP contribution in [0.3, 0.4) is 0 Å². The van der Waals surface area contributed by atoms with Gasteiger partial charge in [-0.2, -0.15) is 22.7 Å². The fourth-order valence-corrected chi connectivity index (χ4v) is 5.75. The van der Waals surface area contributed by atoms with Gasteiger partial charge in [-0.25, -0.2) is 0 Å². The fourth-order valence-electron chi connectivity index (χ4n) is 4.96. The highest BCUT2D eigenvalue weighted by atomic mass is 32.2. The predicted molar refractivity (Wildman–Crippen MR) is 159 cm³/mol. The van der Waals surface area contributed by atoms with Crippen molar-refractivity contribution in [3.05, 3.63) is 127 Å². The standard InChI is InChI=1S/C22H24B.C10H13O2S/c1-2-3-19-23(20-13-7-4-8-14-20,21-15-9-5-10-16-21)22-17-11-6-12-18-22;1-13(2,12)8-10(11)9-6-4-3-5-7-9/h4-18H,2-3,19H2,1H3;3-7H,8H2,1-2H3/q-1;+1. The molecule has 0 aromatic heterocycles. The van der Waals surface area contributed by atoms with E-state index in [1.165, 1.54) is 35.6 Å². The number of benzene rings is 4. The van der Waals surface area contributed by atoms with E-state index in [1.807, 2.05) is 6.07 Å². The maximum atomic E-state index is 11.5. The van der Waals surface area contributed by atoms with Crippen molar-refractivity contribution in [1.29, 1.82) is 0 Å². The van der Waals surface area contributed by atoms with Gasteiger partial charge in [0, 0.05) is 5.56 Å². The summed E-state index contributed by atoms with van der Waals surface area (Å²) in [6.07, 6.45) is 5.94. The maximum Gasteiger partial charge on any atom is 0.211 e. The minimum Gasteiger partial charge on any atom is -0.289 e. The van der Waals surface area contributed by atoms with Crippen LogP contribution in [0.2, 0.25) is 6.32 Å². The number of ketones is 1. The second-order valence-electron chi connectivity index (χ2n) is 9.79. The largest absolute Gasteiger partial charge is 0.289 e. The van der Waals surface area contributed by atoms with E-state index in [0.717, 1.165) is 0 Å². The lowest BCUT2D eigenvalue weighted by atomic mass is 9.14. The first kappa shape index (κ1) is 27.4. The lowest BCUT2D eigenvalue weighted by Gasteiger charge is -2.43. The number of unbranched alkanes of at least 4 members (excludes halogenated alkanes) is 1. The summed E-state index contributed by atoms with van der Waals surface area (Å²) in [6, 6.07) is 42.1. The Kier molecular flexibility index (Phi) is 10.0. The first-order chi connectivity index (χ1) is 17.4. The Labute approximate surface area is 218 Å². The van der Waals surface area contributed by atoms with E-state index >= 15 is 0 Å². The van der Waals surface area contributed by atoms with Gasteiger partial charge in [-0.05, 0) is 0 Å². The minimum atomic E-state index is -1.97. The van der Waals surface area contributed by atoms with Gasteiger partial charge in [0.25, 0.3) is 0 Å². The van der Waals surface area contributed by atoms with Crippen LogP contribution in [0, 0.1) is 0 Å². The van der Waals surface area contributed by atoms with Crippen molar-refractivity contribution in [3.63, 3.8) is 0 Å². The molecule has 0 amide bonds.